The molecule has 0 heterocycles. The Morgan fingerprint density at radius 3 is 1.79 bits per heavy atom. The zero-order chi connectivity index (χ0) is 18.1. The highest BCUT2D eigenvalue weighted by Crippen LogP contribution is 2.24. The maximum atomic E-state index is 11.5. The van der Waals surface area contributed by atoms with Crippen LogP contribution in [0.3, 0.4) is 0 Å². The van der Waals surface area contributed by atoms with Crippen molar-refractivity contribution < 1.29 is 25.9 Å². The van der Waals surface area contributed by atoms with E-state index in [0.29, 0.717) is 5.56 Å². The lowest BCUT2D eigenvalue weighted by Crippen LogP contribution is -2.03. The first-order valence-corrected chi connectivity index (χ1v) is 9.50. The molecule has 7 nitrogen and oxygen atoms in total. The van der Waals surface area contributed by atoms with Crippen LogP contribution in [0.25, 0.3) is 12.2 Å². The first-order chi connectivity index (χ1) is 11.0. The van der Waals surface area contributed by atoms with Gasteiger partial charge in [0.15, 0.2) is 0 Å². The zero-order valence-electron chi connectivity index (χ0n) is 12.5. The van der Waals surface area contributed by atoms with E-state index in [1.807, 2.05) is 0 Å². The van der Waals surface area contributed by atoms with E-state index >= 15 is 0 Å². The first kappa shape index (κ1) is 18.1. The average molecular weight is 369 g/mol. The molecule has 24 heavy (non-hydrogen) atoms. The Morgan fingerprint density at radius 2 is 1.29 bits per heavy atom. The van der Waals surface area contributed by atoms with Crippen LogP contribution in [0.15, 0.2) is 46.2 Å². The highest BCUT2D eigenvalue weighted by atomic mass is 32.2. The van der Waals surface area contributed by atoms with Gasteiger partial charge in [-0.2, -0.15) is 16.8 Å². The van der Waals surface area contributed by atoms with Gasteiger partial charge in [-0.05, 0) is 41.8 Å². The average Bonchev–Trinajstić information content (AvgIpc) is 2.45. The van der Waals surface area contributed by atoms with Crippen LogP contribution in [-0.2, 0) is 20.2 Å². The predicted molar refractivity (Wildman–Crippen MR) is 90.6 cm³/mol. The van der Waals surface area contributed by atoms with Crippen LogP contribution in [0.5, 0.6) is 0 Å². The van der Waals surface area contributed by atoms with Gasteiger partial charge in [-0.3, -0.25) is 9.11 Å². The van der Waals surface area contributed by atoms with E-state index in [1.54, 1.807) is 13.0 Å². The first-order valence-electron chi connectivity index (χ1n) is 6.62. The van der Waals surface area contributed by atoms with Crippen LogP contribution in [0.2, 0.25) is 0 Å². The Morgan fingerprint density at radius 1 is 0.833 bits per heavy atom. The fraction of sp³-hybridized carbons (Fsp3) is 0.0667. The van der Waals surface area contributed by atoms with Crippen molar-refractivity contribution in [3.05, 3.63) is 53.1 Å². The molecule has 0 saturated heterocycles. The van der Waals surface area contributed by atoms with Crippen molar-refractivity contribution in [2.24, 2.45) is 0 Å². The molecular weight excluding hydrogens is 354 g/mol. The molecule has 9 heteroatoms. The molecule has 0 atom stereocenters. The topological polar surface area (TPSA) is 135 Å². The van der Waals surface area contributed by atoms with Crippen LogP contribution in [0.1, 0.15) is 16.7 Å². The van der Waals surface area contributed by atoms with Gasteiger partial charge in [0.05, 0.1) is 0 Å². The molecule has 0 bridgehead atoms. The smallest absolute Gasteiger partial charge is 0.295 e. The number of aryl methyl sites for hydroxylation is 1. The van der Waals surface area contributed by atoms with Crippen LogP contribution < -0.4 is 5.73 Å². The summed E-state index contributed by atoms with van der Waals surface area (Å²) in [6.07, 6.45) is 2.63. The maximum Gasteiger partial charge on any atom is 0.295 e. The van der Waals surface area contributed by atoms with Gasteiger partial charge >= 0.3 is 0 Å². The number of anilines is 1. The van der Waals surface area contributed by atoms with Crippen molar-refractivity contribution in [2.75, 3.05) is 5.73 Å². The summed E-state index contributed by atoms with van der Waals surface area (Å²) in [4.78, 5) is -0.707. The van der Waals surface area contributed by atoms with Crippen LogP contribution in [0, 0.1) is 6.92 Å². The number of rotatable bonds is 4. The molecule has 0 aromatic heterocycles. The van der Waals surface area contributed by atoms with Crippen LogP contribution >= 0.6 is 0 Å². The van der Waals surface area contributed by atoms with E-state index in [4.69, 9.17) is 5.73 Å². The molecule has 4 N–H and O–H groups in total. The van der Waals surface area contributed by atoms with Gasteiger partial charge in [-0.15, -0.1) is 0 Å². The second-order valence-corrected chi connectivity index (χ2v) is 7.90. The molecule has 0 radical (unpaired) electrons. The van der Waals surface area contributed by atoms with Crippen molar-refractivity contribution in [3.8, 4) is 0 Å². The van der Waals surface area contributed by atoms with E-state index < -0.39 is 25.1 Å². The Balaban J connectivity index is 2.59. The van der Waals surface area contributed by atoms with Gasteiger partial charge in [0, 0.05) is 5.69 Å². The van der Waals surface area contributed by atoms with Crippen molar-refractivity contribution in [2.45, 2.75) is 16.7 Å². The molecule has 128 valence electrons. The summed E-state index contributed by atoms with van der Waals surface area (Å²) in [5, 5.41) is 0. The largest absolute Gasteiger partial charge is 0.399 e. The summed E-state index contributed by atoms with van der Waals surface area (Å²) in [6.45, 7) is 1.67. The Labute approximate surface area is 139 Å². The predicted octanol–water partition coefficient (Wildman–Crippen LogP) is 2.24. The van der Waals surface area contributed by atoms with E-state index in [2.05, 4.69) is 0 Å². The normalized spacial score (nSPS) is 12.6. The molecule has 0 saturated carbocycles. The van der Waals surface area contributed by atoms with Gasteiger partial charge in [0.2, 0.25) is 0 Å². The van der Waals surface area contributed by atoms with Crippen molar-refractivity contribution >= 4 is 38.1 Å². The molecule has 0 aliphatic rings. The molecular formula is C15H15NO6S2. The Bertz CT molecular complexity index is 940. The van der Waals surface area contributed by atoms with Crippen molar-refractivity contribution in [3.63, 3.8) is 0 Å². The number of nitrogens with two attached hydrogens (primary N) is 1. The second-order valence-electron chi connectivity index (χ2n) is 5.12. The lowest BCUT2D eigenvalue weighted by atomic mass is 10.1. The van der Waals surface area contributed by atoms with Gasteiger partial charge in [0.1, 0.15) is 9.79 Å². The number of hydrogen-bond donors (Lipinski definition) is 3. The SMILES string of the molecule is Cc1ccc(C=Cc2ccc(N)cc2S(=O)(=O)O)c(S(=O)(=O)O)c1. The standard InChI is InChI=1S/C15H15NO6S2/c1-10-2-3-11(14(8-10)23(17,18)19)4-5-12-6-7-13(16)9-15(12)24(20,21)22/h2-9H,16H2,1H3,(H,17,18,19)(H,20,21,22). The fourth-order valence-electron chi connectivity index (χ4n) is 2.09. The lowest BCUT2D eigenvalue weighted by Gasteiger charge is -2.06. The molecule has 0 unspecified atom stereocenters. The minimum absolute atomic E-state index is 0.119. The summed E-state index contributed by atoms with van der Waals surface area (Å²) >= 11 is 0. The molecule has 0 fully saturated rings. The Hall–Kier alpha value is -2.20. The quantitative estimate of drug-likeness (QED) is 0.427. The van der Waals surface area contributed by atoms with Gasteiger partial charge in [-0.25, -0.2) is 0 Å². The summed E-state index contributed by atoms with van der Waals surface area (Å²) in [7, 11) is -8.95. The summed E-state index contributed by atoms with van der Waals surface area (Å²) in [6, 6.07) is 8.30. The Kier molecular flexibility index (Phi) is 4.81. The van der Waals surface area contributed by atoms with E-state index in [1.165, 1.54) is 36.4 Å². The van der Waals surface area contributed by atoms with E-state index in [0.717, 1.165) is 6.07 Å². The minimum atomic E-state index is -4.50. The van der Waals surface area contributed by atoms with Crippen LogP contribution in [0.4, 0.5) is 5.69 Å². The molecule has 0 spiro atoms. The molecule has 0 aliphatic carbocycles. The molecule has 2 aromatic rings. The van der Waals surface area contributed by atoms with Gasteiger partial charge in [-0.1, -0.05) is 30.4 Å². The van der Waals surface area contributed by atoms with Gasteiger partial charge < -0.3 is 5.73 Å². The third-order valence-electron chi connectivity index (χ3n) is 3.20. The highest BCUT2D eigenvalue weighted by Gasteiger charge is 2.16. The fourth-order valence-corrected chi connectivity index (χ4v) is 3.58. The molecule has 2 aromatic carbocycles. The number of benzene rings is 2. The summed E-state index contributed by atoms with van der Waals surface area (Å²) in [5.41, 5.74) is 6.58. The summed E-state index contributed by atoms with van der Waals surface area (Å²) < 4.78 is 64.3. The van der Waals surface area contributed by atoms with E-state index in [9.17, 15) is 25.9 Å². The van der Waals surface area contributed by atoms with E-state index in [-0.39, 0.29) is 21.7 Å². The van der Waals surface area contributed by atoms with Gasteiger partial charge in [0.25, 0.3) is 20.2 Å². The highest BCUT2D eigenvalue weighted by molar-refractivity contribution is 7.86. The summed E-state index contributed by atoms with van der Waals surface area (Å²) in [5.74, 6) is 0. The van der Waals surface area contributed by atoms with Crippen LogP contribution in [-0.4, -0.2) is 25.9 Å². The molecule has 2 rings (SSSR count). The third kappa shape index (κ3) is 4.20. The number of hydrogen-bond acceptors (Lipinski definition) is 5. The minimum Gasteiger partial charge on any atom is -0.399 e. The third-order valence-corrected chi connectivity index (χ3v) is 5.02. The van der Waals surface area contributed by atoms with Crippen molar-refractivity contribution in [1.82, 2.24) is 0 Å². The lowest BCUT2D eigenvalue weighted by molar-refractivity contribution is 0.480. The number of nitrogen functional groups attached to an aromatic ring is 1. The van der Waals surface area contributed by atoms with Crippen molar-refractivity contribution in [1.29, 1.82) is 0 Å². The maximum absolute atomic E-state index is 11.5. The molecule has 0 amide bonds. The molecule has 0 aliphatic heterocycles. The zero-order valence-corrected chi connectivity index (χ0v) is 14.2. The second kappa shape index (κ2) is 6.36. The monoisotopic (exact) mass is 369 g/mol.